The maximum absolute atomic E-state index is 6.32. The van der Waals surface area contributed by atoms with E-state index in [4.69, 9.17) is 10.5 Å². The Hall–Kier alpha value is -1.62. The van der Waals surface area contributed by atoms with Crippen molar-refractivity contribution in [1.29, 1.82) is 0 Å². The summed E-state index contributed by atoms with van der Waals surface area (Å²) >= 11 is 0. The molecule has 4 nitrogen and oxygen atoms in total. The molecule has 1 heterocycles. The number of nitrogens with zero attached hydrogens (tertiary/aromatic N) is 2. The van der Waals surface area contributed by atoms with Crippen molar-refractivity contribution in [3.63, 3.8) is 0 Å². The number of hydrogen-bond donors (Lipinski definition) is 1. The molecule has 1 saturated heterocycles. The van der Waals surface area contributed by atoms with Gasteiger partial charge in [-0.3, -0.25) is 4.90 Å². The Morgan fingerprint density at radius 1 is 0.833 bits per heavy atom. The van der Waals surface area contributed by atoms with E-state index < -0.39 is 0 Å². The largest absolute Gasteiger partial charge is 0.493 e. The minimum Gasteiger partial charge on any atom is -0.493 e. The monoisotopic (exact) mass is 411 g/mol. The first-order valence-electron chi connectivity index (χ1n) is 12.1. The lowest BCUT2D eigenvalue weighted by Gasteiger charge is -2.35. The van der Waals surface area contributed by atoms with E-state index in [9.17, 15) is 0 Å². The van der Waals surface area contributed by atoms with Crippen LogP contribution in [-0.4, -0.2) is 55.7 Å². The van der Waals surface area contributed by atoms with E-state index in [1.807, 2.05) is 0 Å². The minimum absolute atomic E-state index is 0.787. The molecule has 2 aromatic carbocycles. The normalized spacial score (nSPS) is 15.7. The van der Waals surface area contributed by atoms with Crippen LogP contribution in [0.25, 0.3) is 10.8 Å². The highest BCUT2D eigenvalue weighted by molar-refractivity contribution is 5.87. The number of piperazine rings is 1. The highest BCUT2D eigenvalue weighted by Gasteiger charge is 2.19. The summed E-state index contributed by atoms with van der Waals surface area (Å²) in [5, 5.41) is 2.64. The van der Waals surface area contributed by atoms with E-state index in [-0.39, 0.29) is 0 Å². The summed E-state index contributed by atoms with van der Waals surface area (Å²) in [5.74, 6) is 1.08. The number of nitrogens with two attached hydrogens (primary N) is 1. The minimum atomic E-state index is 0.787. The second-order valence-corrected chi connectivity index (χ2v) is 8.64. The number of hydrogen-bond acceptors (Lipinski definition) is 4. The van der Waals surface area contributed by atoms with Gasteiger partial charge in [-0.05, 0) is 42.8 Å². The maximum atomic E-state index is 6.32. The fourth-order valence-corrected chi connectivity index (χ4v) is 4.39. The predicted molar refractivity (Wildman–Crippen MR) is 128 cm³/mol. The van der Waals surface area contributed by atoms with E-state index in [0.717, 1.165) is 71.0 Å². The zero-order valence-electron chi connectivity index (χ0n) is 19.0. The van der Waals surface area contributed by atoms with E-state index in [1.54, 1.807) is 0 Å². The third-order valence-electron chi connectivity index (χ3n) is 6.28. The van der Waals surface area contributed by atoms with Gasteiger partial charge in [-0.2, -0.15) is 0 Å². The van der Waals surface area contributed by atoms with Crippen molar-refractivity contribution in [2.45, 2.75) is 58.4 Å². The van der Waals surface area contributed by atoms with Crippen LogP contribution in [0.4, 0.5) is 0 Å². The first-order valence-corrected chi connectivity index (χ1v) is 12.1. The van der Waals surface area contributed by atoms with E-state index in [1.165, 1.54) is 48.4 Å². The molecule has 2 aromatic rings. The number of fused-ring (bicyclic) bond motifs is 1. The number of ether oxygens (including phenoxy) is 1. The van der Waals surface area contributed by atoms with Crippen LogP contribution in [0.5, 0.6) is 5.75 Å². The Morgan fingerprint density at radius 3 is 2.37 bits per heavy atom. The molecule has 3 rings (SSSR count). The zero-order chi connectivity index (χ0) is 21.0. The molecule has 0 unspecified atom stereocenters. The Labute approximate surface area is 183 Å². The Morgan fingerprint density at radius 2 is 1.57 bits per heavy atom. The molecule has 2 N–H and O–H groups in total. The number of rotatable bonds is 13. The first-order chi connectivity index (χ1) is 14.8. The molecule has 0 amide bonds. The van der Waals surface area contributed by atoms with Crippen LogP contribution in [0.3, 0.4) is 0 Å². The molecule has 30 heavy (non-hydrogen) atoms. The Kier molecular flexibility index (Phi) is 9.94. The van der Waals surface area contributed by atoms with Crippen LogP contribution < -0.4 is 10.5 Å². The summed E-state index contributed by atoms with van der Waals surface area (Å²) in [6, 6.07) is 13.1. The van der Waals surface area contributed by atoms with Crippen molar-refractivity contribution in [3.05, 3.63) is 42.0 Å². The molecular formula is C26H41N3O. The van der Waals surface area contributed by atoms with Gasteiger partial charge in [0.2, 0.25) is 0 Å². The molecule has 1 aliphatic heterocycles. The second-order valence-electron chi connectivity index (χ2n) is 8.64. The van der Waals surface area contributed by atoms with Crippen LogP contribution in [-0.2, 0) is 6.54 Å². The third-order valence-corrected chi connectivity index (χ3v) is 6.28. The molecule has 0 saturated carbocycles. The van der Waals surface area contributed by atoms with Crippen LogP contribution in [0.15, 0.2) is 36.4 Å². The van der Waals surface area contributed by atoms with Gasteiger partial charge >= 0.3 is 0 Å². The first kappa shape index (κ1) is 23.1. The Balaban J connectivity index is 1.59. The van der Waals surface area contributed by atoms with Crippen molar-refractivity contribution >= 4 is 10.8 Å². The number of benzene rings is 2. The lowest BCUT2D eigenvalue weighted by molar-refractivity contribution is 0.126. The summed E-state index contributed by atoms with van der Waals surface area (Å²) in [4.78, 5) is 5.13. The standard InChI is InChI=1S/C26H41N3O/c1-2-3-4-5-6-9-21-30-26-14-13-23-11-7-8-12-24(23)25(26)22-29-19-17-28(18-20-29)16-10-15-27/h7-8,11-14H,2-6,9-10,15-22,27H2,1H3. The van der Waals surface area contributed by atoms with E-state index in [0.29, 0.717) is 0 Å². The fourth-order valence-electron chi connectivity index (χ4n) is 4.39. The molecule has 166 valence electrons. The predicted octanol–water partition coefficient (Wildman–Crippen LogP) is 5.05. The van der Waals surface area contributed by atoms with Gasteiger partial charge in [0.15, 0.2) is 0 Å². The SMILES string of the molecule is CCCCCCCCOc1ccc2ccccc2c1CN1CCN(CCCN)CC1. The van der Waals surface area contributed by atoms with Crippen LogP contribution in [0, 0.1) is 0 Å². The molecule has 0 radical (unpaired) electrons. The van der Waals surface area contributed by atoms with Gasteiger partial charge in [-0.15, -0.1) is 0 Å². The van der Waals surface area contributed by atoms with Crippen molar-refractivity contribution in [3.8, 4) is 5.75 Å². The Bertz CT molecular complexity index is 740. The van der Waals surface area contributed by atoms with Gasteiger partial charge in [0.05, 0.1) is 6.61 Å². The van der Waals surface area contributed by atoms with Crippen LogP contribution >= 0.6 is 0 Å². The molecule has 1 fully saturated rings. The topological polar surface area (TPSA) is 41.7 Å². The molecular weight excluding hydrogens is 370 g/mol. The lowest BCUT2D eigenvalue weighted by atomic mass is 10.0. The average Bonchev–Trinajstić information content (AvgIpc) is 2.79. The average molecular weight is 412 g/mol. The quantitative estimate of drug-likeness (QED) is 0.469. The zero-order valence-corrected chi connectivity index (χ0v) is 19.0. The second kappa shape index (κ2) is 12.9. The summed E-state index contributed by atoms with van der Waals surface area (Å²) in [5.41, 5.74) is 7.03. The van der Waals surface area contributed by atoms with Gasteiger partial charge in [-0.1, -0.05) is 69.4 Å². The third kappa shape index (κ3) is 6.97. The summed E-state index contributed by atoms with van der Waals surface area (Å²) in [6.07, 6.45) is 8.86. The van der Waals surface area contributed by atoms with Gasteiger partial charge in [0, 0.05) is 38.3 Å². The van der Waals surface area contributed by atoms with Crippen LogP contribution in [0.1, 0.15) is 57.4 Å². The fraction of sp³-hybridized carbons (Fsp3) is 0.615. The molecule has 0 atom stereocenters. The summed E-state index contributed by atoms with van der Waals surface area (Å²) < 4.78 is 6.32. The molecule has 0 bridgehead atoms. The molecule has 0 aliphatic carbocycles. The number of unbranched alkanes of at least 4 members (excludes halogenated alkanes) is 5. The smallest absolute Gasteiger partial charge is 0.124 e. The highest BCUT2D eigenvalue weighted by atomic mass is 16.5. The van der Waals surface area contributed by atoms with E-state index >= 15 is 0 Å². The van der Waals surface area contributed by atoms with Crippen molar-refractivity contribution in [2.75, 3.05) is 45.9 Å². The van der Waals surface area contributed by atoms with Gasteiger partial charge in [0.1, 0.15) is 5.75 Å². The van der Waals surface area contributed by atoms with Gasteiger partial charge < -0.3 is 15.4 Å². The molecule has 4 heteroatoms. The van der Waals surface area contributed by atoms with Crippen molar-refractivity contribution in [2.24, 2.45) is 5.73 Å². The van der Waals surface area contributed by atoms with Crippen molar-refractivity contribution < 1.29 is 4.74 Å². The maximum Gasteiger partial charge on any atom is 0.124 e. The van der Waals surface area contributed by atoms with Gasteiger partial charge in [-0.25, -0.2) is 0 Å². The van der Waals surface area contributed by atoms with Crippen LogP contribution in [0.2, 0.25) is 0 Å². The van der Waals surface area contributed by atoms with Gasteiger partial charge in [0.25, 0.3) is 0 Å². The summed E-state index contributed by atoms with van der Waals surface area (Å²) in [6.45, 7) is 10.5. The van der Waals surface area contributed by atoms with E-state index in [2.05, 4.69) is 53.1 Å². The summed E-state index contributed by atoms with van der Waals surface area (Å²) in [7, 11) is 0. The lowest BCUT2D eigenvalue weighted by Crippen LogP contribution is -2.46. The van der Waals surface area contributed by atoms with Crippen molar-refractivity contribution in [1.82, 2.24) is 9.80 Å². The highest BCUT2D eigenvalue weighted by Crippen LogP contribution is 2.30. The molecule has 1 aliphatic rings. The molecule has 0 spiro atoms. The molecule has 0 aromatic heterocycles.